The van der Waals surface area contributed by atoms with Crippen LogP contribution in [0.2, 0.25) is 0 Å². The van der Waals surface area contributed by atoms with Gasteiger partial charge in [0.05, 0.1) is 5.69 Å². The van der Waals surface area contributed by atoms with Crippen molar-refractivity contribution in [2.75, 3.05) is 4.90 Å². The van der Waals surface area contributed by atoms with Crippen LogP contribution in [-0.2, 0) is 0 Å². The second kappa shape index (κ2) is 12.5. The van der Waals surface area contributed by atoms with Gasteiger partial charge in [-0.3, -0.25) is 0 Å². The molecule has 1 aromatic heterocycles. The third-order valence-corrected chi connectivity index (χ3v) is 10.3. The minimum absolute atomic E-state index is 0.907. The standard InChI is InChI=1S/C50H33NO/c1-3-12-34(13-4-1)38-26-31-48(47(33-38)35-14-5-2-6-15-35)51(41-29-30-43-39(32-41)23-22-36-16-7-8-17-42(36)43)40-27-24-37(25-28-40)44-19-11-20-46-45-18-9-10-21-49(45)52-50(44)46/h1-33H. The molecule has 0 fully saturated rings. The minimum atomic E-state index is 0.907. The Balaban J connectivity index is 1.17. The molecular formula is C50H33NO. The molecule has 52 heavy (non-hydrogen) atoms. The van der Waals surface area contributed by atoms with Gasteiger partial charge in [0.2, 0.25) is 0 Å². The monoisotopic (exact) mass is 663 g/mol. The smallest absolute Gasteiger partial charge is 0.143 e. The first-order chi connectivity index (χ1) is 25.8. The number of benzene rings is 9. The van der Waals surface area contributed by atoms with Crippen LogP contribution < -0.4 is 4.90 Å². The van der Waals surface area contributed by atoms with Gasteiger partial charge in [0, 0.05) is 33.3 Å². The van der Waals surface area contributed by atoms with E-state index in [-0.39, 0.29) is 0 Å². The fraction of sp³-hybridized carbons (Fsp3) is 0. The van der Waals surface area contributed by atoms with E-state index < -0.39 is 0 Å². The zero-order valence-electron chi connectivity index (χ0n) is 28.4. The van der Waals surface area contributed by atoms with Gasteiger partial charge in [-0.15, -0.1) is 0 Å². The minimum Gasteiger partial charge on any atom is -0.455 e. The van der Waals surface area contributed by atoms with Gasteiger partial charge in [-0.2, -0.15) is 0 Å². The lowest BCUT2D eigenvalue weighted by molar-refractivity contribution is 0.670. The number of hydrogen-bond acceptors (Lipinski definition) is 2. The van der Waals surface area contributed by atoms with Crippen LogP contribution in [0.5, 0.6) is 0 Å². The van der Waals surface area contributed by atoms with Crippen molar-refractivity contribution in [1.82, 2.24) is 0 Å². The maximum atomic E-state index is 6.43. The highest BCUT2D eigenvalue weighted by Crippen LogP contribution is 2.44. The molecule has 10 rings (SSSR count). The Hall–Kier alpha value is -6.90. The van der Waals surface area contributed by atoms with Crippen LogP contribution in [0.15, 0.2) is 205 Å². The Bertz CT molecular complexity index is 2890. The molecule has 2 nitrogen and oxygen atoms in total. The average molecular weight is 664 g/mol. The first kappa shape index (κ1) is 30.0. The van der Waals surface area contributed by atoms with Gasteiger partial charge < -0.3 is 9.32 Å². The molecule has 0 spiro atoms. The fourth-order valence-electron chi connectivity index (χ4n) is 7.72. The Morgan fingerprint density at radius 3 is 1.77 bits per heavy atom. The van der Waals surface area contributed by atoms with Crippen molar-refractivity contribution in [3.05, 3.63) is 200 Å². The Morgan fingerprint density at radius 2 is 0.942 bits per heavy atom. The van der Waals surface area contributed by atoms with Crippen LogP contribution in [0.3, 0.4) is 0 Å². The van der Waals surface area contributed by atoms with E-state index in [1.807, 2.05) is 12.1 Å². The van der Waals surface area contributed by atoms with Gasteiger partial charge in [0.15, 0.2) is 0 Å². The molecule has 0 bridgehead atoms. The van der Waals surface area contributed by atoms with Crippen LogP contribution in [0, 0.1) is 0 Å². The summed E-state index contributed by atoms with van der Waals surface area (Å²) in [5.74, 6) is 0. The molecule has 0 aliphatic carbocycles. The SMILES string of the molecule is c1ccc(-c2ccc(N(c3ccc(-c4cccc5c4oc4ccccc45)cc3)c3ccc4c(ccc5ccccc54)c3)c(-c3ccccc3)c2)cc1. The molecule has 0 amide bonds. The van der Waals surface area contributed by atoms with Gasteiger partial charge in [-0.05, 0) is 86.3 Å². The van der Waals surface area contributed by atoms with E-state index in [9.17, 15) is 0 Å². The first-order valence-corrected chi connectivity index (χ1v) is 17.8. The van der Waals surface area contributed by atoms with Gasteiger partial charge in [-0.1, -0.05) is 158 Å². The number of furan rings is 1. The van der Waals surface area contributed by atoms with Crippen molar-refractivity contribution in [3.8, 4) is 33.4 Å². The molecule has 0 radical (unpaired) electrons. The highest BCUT2D eigenvalue weighted by atomic mass is 16.3. The van der Waals surface area contributed by atoms with Crippen LogP contribution in [-0.4, -0.2) is 0 Å². The molecule has 244 valence electrons. The van der Waals surface area contributed by atoms with E-state index in [4.69, 9.17) is 4.42 Å². The van der Waals surface area contributed by atoms with Crippen molar-refractivity contribution >= 4 is 60.5 Å². The molecule has 0 aliphatic rings. The summed E-state index contributed by atoms with van der Waals surface area (Å²) in [5, 5.41) is 7.24. The lowest BCUT2D eigenvalue weighted by Crippen LogP contribution is -2.11. The van der Waals surface area contributed by atoms with E-state index in [0.29, 0.717) is 0 Å². The second-order valence-corrected chi connectivity index (χ2v) is 13.3. The van der Waals surface area contributed by atoms with E-state index in [2.05, 4.69) is 193 Å². The molecule has 0 unspecified atom stereocenters. The summed E-state index contributed by atoms with van der Waals surface area (Å²) in [5.41, 5.74) is 12.0. The Kier molecular flexibility index (Phi) is 7.18. The molecule has 0 saturated heterocycles. The summed E-state index contributed by atoms with van der Waals surface area (Å²) in [6, 6.07) is 71.8. The summed E-state index contributed by atoms with van der Waals surface area (Å²) in [6.07, 6.45) is 0. The van der Waals surface area contributed by atoms with Gasteiger partial charge in [-0.25, -0.2) is 0 Å². The lowest BCUT2D eigenvalue weighted by atomic mass is 9.95. The molecule has 0 saturated carbocycles. The van der Waals surface area contributed by atoms with Crippen molar-refractivity contribution < 1.29 is 4.42 Å². The molecule has 10 aromatic rings. The third kappa shape index (κ3) is 5.12. The van der Waals surface area contributed by atoms with E-state index in [0.717, 1.165) is 55.7 Å². The van der Waals surface area contributed by atoms with Crippen LogP contribution in [0.1, 0.15) is 0 Å². The quantitative estimate of drug-likeness (QED) is 0.165. The van der Waals surface area contributed by atoms with Crippen LogP contribution in [0.25, 0.3) is 76.9 Å². The molecule has 1 heterocycles. The maximum absolute atomic E-state index is 6.43. The number of hydrogen-bond donors (Lipinski definition) is 0. The van der Waals surface area contributed by atoms with Crippen LogP contribution >= 0.6 is 0 Å². The number of fused-ring (bicyclic) bond motifs is 6. The van der Waals surface area contributed by atoms with Crippen molar-refractivity contribution in [2.45, 2.75) is 0 Å². The summed E-state index contributed by atoms with van der Waals surface area (Å²) in [4.78, 5) is 2.40. The molecule has 2 heteroatoms. The molecular weight excluding hydrogens is 631 g/mol. The van der Waals surface area contributed by atoms with E-state index in [1.54, 1.807) is 0 Å². The van der Waals surface area contributed by atoms with E-state index in [1.165, 1.54) is 38.2 Å². The molecule has 0 N–H and O–H groups in total. The summed E-state index contributed by atoms with van der Waals surface area (Å²) in [6.45, 7) is 0. The Morgan fingerprint density at radius 1 is 0.327 bits per heavy atom. The summed E-state index contributed by atoms with van der Waals surface area (Å²) in [7, 11) is 0. The van der Waals surface area contributed by atoms with Crippen LogP contribution in [0.4, 0.5) is 17.1 Å². The number of rotatable bonds is 6. The second-order valence-electron chi connectivity index (χ2n) is 13.3. The largest absolute Gasteiger partial charge is 0.455 e. The van der Waals surface area contributed by atoms with E-state index >= 15 is 0 Å². The predicted molar refractivity (Wildman–Crippen MR) is 220 cm³/mol. The van der Waals surface area contributed by atoms with Gasteiger partial charge in [0.1, 0.15) is 11.2 Å². The van der Waals surface area contributed by atoms with Crippen molar-refractivity contribution in [3.63, 3.8) is 0 Å². The third-order valence-electron chi connectivity index (χ3n) is 10.3. The Labute approximate surface area is 302 Å². The van der Waals surface area contributed by atoms with Crippen molar-refractivity contribution in [2.24, 2.45) is 0 Å². The number of nitrogens with zero attached hydrogens (tertiary/aromatic N) is 1. The predicted octanol–water partition coefficient (Wildman–Crippen LogP) is 14.4. The fourth-order valence-corrected chi connectivity index (χ4v) is 7.72. The van der Waals surface area contributed by atoms with Crippen molar-refractivity contribution in [1.29, 1.82) is 0 Å². The normalized spacial score (nSPS) is 11.5. The highest BCUT2D eigenvalue weighted by molar-refractivity contribution is 6.10. The number of anilines is 3. The molecule has 9 aromatic carbocycles. The molecule has 0 atom stereocenters. The molecule has 0 aliphatic heterocycles. The maximum Gasteiger partial charge on any atom is 0.143 e. The first-order valence-electron chi connectivity index (χ1n) is 17.8. The summed E-state index contributed by atoms with van der Waals surface area (Å²) >= 11 is 0. The van der Waals surface area contributed by atoms with Gasteiger partial charge in [0.25, 0.3) is 0 Å². The number of para-hydroxylation sites is 2. The average Bonchev–Trinajstić information content (AvgIpc) is 3.61. The summed E-state index contributed by atoms with van der Waals surface area (Å²) < 4.78 is 6.43. The lowest BCUT2D eigenvalue weighted by Gasteiger charge is -2.29. The van der Waals surface area contributed by atoms with Gasteiger partial charge >= 0.3 is 0 Å². The topological polar surface area (TPSA) is 16.4 Å². The zero-order chi connectivity index (χ0) is 34.4. The zero-order valence-corrected chi connectivity index (χ0v) is 28.4. The highest BCUT2D eigenvalue weighted by Gasteiger charge is 2.20.